The van der Waals surface area contributed by atoms with Gasteiger partial charge in [0.2, 0.25) is 5.91 Å². The van der Waals surface area contributed by atoms with E-state index in [9.17, 15) is 9.59 Å². The van der Waals surface area contributed by atoms with Crippen LogP contribution >= 0.6 is 0 Å². The molecule has 7 nitrogen and oxygen atoms in total. The molecule has 82 valence electrons. The molecule has 1 aromatic rings. The Morgan fingerprint density at radius 3 is 2.87 bits per heavy atom. The zero-order chi connectivity index (χ0) is 10.9. The van der Waals surface area contributed by atoms with Crippen molar-refractivity contribution in [1.29, 1.82) is 0 Å². The summed E-state index contributed by atoms with van der Waals surface area (Å²) < 4.78 is 4.97. The molecule has 0 saturated carbocycles. The van der Waals surface area contributed by atoms with Crippen LogP contribution in [0.15, 0.2) is 4.79 Å². The SMILES string of the molecule is CC1(C(=O)NCc2n[nH]c(=O)[nH]2)COC1. The summed E-state index contributed by atoms with van der Waals surface area (Å²) in [6.45, 7) is 2.93. The van der Waals surface area contributed by atoms with Crippen molar-refractivity contribution >= 4 is 5.91 Å². The predicted octanol–water partition coefficient (Wildman–Crippen LogP) is -1.25. The molecule has 0 atom stereocenters. The Kier molecular flexibility index (Phi) is 2.31. The number of H-pyrrole nitrogens is 2. The van der Waals surface area contributed by atoms with Crippen molar-refractivity contribution < 1.29 is 9.53 Å². The van der Waals surface area contributed by atoms with Crippen LogP contribution in [0, 0.1) is 5.41 Å². The molecule has 0 bridgehead atoms. The largest absolute Gasteiger partial charge is 0.379 e. The Morgan fingerprint density at radius 2 is 2.40 bits per heavy atom. The van der Waals surface area contributed by atoms with Gasteiger partial charge in [-0.3, -0.25) is 9.78 Å². The second kappa shape index (κ2) is 3.50. The highest BCUT2D eigenvalue weighted by Crippen LogP contribution is 2.26. The van der Waals surface area contributed by atoms with Gasteiger partial charge < -0.3 is 10.1 Å². The third kappa shape index (κ3) is 1.91. The number of nitrogens with one attached hydrogen (secondary N) is 3. The van der Waals surface area contributed by atoms with E-state index in [1.807, 2.05) is 6.92 Å². The summed E-state index contributed by atoms with van der Waals surface area (Å²) in [5.41, 5.74) is -0.811. The number of carbonyl (C=O) groups is 1. The minimum atomic E-state index is -0.434. The van der Waals surface area contributed by atoms with Gasteiger partial charge in [0, 0.05) is 0 Å². The van der Waals surface area contributed by atoms with Crippen molar-refractivity contribution in [3.63, 3.8) is 0 Å². The molecular weight excluding hydrogens is 200 g/mol. The first-order chi connectivity index (χ1) is 7.10. The molecule has 0 spiro atoms. The van der Waals surface area contributed by atoms with E-state index >= 15 is 0 Å². The molecule has 7 heteroatoms. The average molecular weight is 212 g/mol. The highest BCUT2D eigenvalue weighted by Gasteiger charge is 2.40. The van der Waals surface area contributed by atoms with E-state index in [0.717, 1.165) is 0 Å². The Morgan fingerprint density at radius 1 is 1.67 bits per heavy atom. The monoisotopic (exact) mass is 212 g/mol. The molecular formula is C8H12N4O3. The molecule has 2 rings (SSSR count). The maximum Gasteiger partial charge on any atom is 0.340 e. The van der Waals surface area contributed by atoms with E-state index in [2.05, 4.69) is 20.5 Å². The van der Waals surface area contributed by atoms with Gasteiger partial charge in [0.25, 0.3) is 0 Å². The zero-order valence-electron chi connectivity index (χ0n) is 8.29. The molecule has 1 saturated heterocycles. The number of nitrogens with zero attached hydrogens (tertiary/aromatic N) is 1. The van der Waals surface area contributed by atoms with Crippen LogP contribution in [0.5, 0.6) is 0 Å². The number of rotatable bonds is 3. The van der Waals surface area contributed by atoms with Crippen molar-refractivity contribution in [3.8, 4) is 0 Å². The van der Waals surface area contributed by atoms with Crippen LogP contribution in [0.2, 0.25) is 0 Å². The summed E-state index contributed by atoms with van der Waals surface area (Å²) in [6, 6.07) is 0. The molecule has 1 fully saturated rings. The normalized spacial score (nSPS) is 18.2. The Balaban J connectivity index is 1.88. The fourth-order valence-corrected chi connectivity index (χ4v) is 1.31. The summed E-state index contributed by atoms with van der Waals surface area (Å²) in [5, 5.41) is 8.58. The summed E-state index contributed by atoms with van der Waals surface area (Å²) in [5.74, 6) is 0.329. The number of amides is 1. The van der Waals surface area contributed by atoms with Crippen molar-refractivity contribution in [1.82, 2.24) is 20.5 Å². The van der Waals surface area contributed by atoms with E-state index in [1.165, 1.54) is 0 Å². The topological polar surface area (TPSA) is 99.9 Å². The number of aromatic amines is 2. The average Bonchev–Trinajstić information content (AvgIpc) is 2.57. The molecule has 0 radical (unpaired) electrons. The molecule has 15 heavy (non-hydrogen) atoms. The molecule has 1 aliphatic rings. The molecule has 0 aromatic carbocycles. The summed E-state index contributed by atoms with van der Waals surface area (Å²) >= 11 is 0. The van der Waals surface area contributed by atoms with Crippen LogP contribution in [0.4, 0.5) is 0 Å². The second-order valence-corrected chi connectivity index (χ2v) is 3.86. The van der Waals surface area contributed by atoms with Gasteiger partial charge in [-0.05, 0) is 6.92 Å². The lowest BCUT2D eigenvalue weighted by Crippen LogP contribution is -2.51. The minimum Gasteiger partial charge on any atom is -0.379 e. The van der Waals surface area contributed by atoms with E-state index in [0.29, 0.717) is 19.0 Å². The highest BCUT2D eigenvalue weighted by molar-refractivity contribution is 5.83. The van der Waals surface area contributed by atoms with Crippen LogP contribution in [0.3, 0.4) is 0 Å². The molecule has 1 aliphatic heterocycles. The van der Waals surface area contributed by atoms with Crippen LogP contribution in [0.1, 0.15) is 12.7 Å². The van der Waals surface area contributed by atoms with Gasteiger partial charge in [-0.1, -0.05) is 0 Å². The number of carbonyl (C=O) groups excluding carboxylic acids is 1. The quantitative estimate of drug-likeness (QED) is 0.583. The lowest BCUT2D eigenvalue weighted by Gasteiger charge is -2.36. The fourth-order valence-electron chi connectivity index (χ4n) is 1.31. The number of ether oxygens (including phenoxy) is 1. The summed E-state index contributed by atoms with van der Waals surface area (Å²) in [7, 11) is 0. The number of hydrogen-bond acceptors (Lipinski definition) is 4. The van der Waals surface area contributed by atoms with Crippen LogP contribution in [-0.4, -0.2) is 34.3 Å². The molecule has 3 N–H and O–H groups in total. The molecule has 1 amide bonds. The van der Waals surface area contributed by atoms with Crippen LogP contribution < -0.4 is 11.0 Å². The van der Waals surface area contributed by atoms with Crippen molar-refractivity contribution in [3.05, 3.63) is 16.3 Å². The molecule has 2 heterocycles. The van der Waals surface area contributed by atoms with Gasteiger partial charge in [-0.15, -0.1) is 0 Å². The van der Waals surface area contributed by atoms with Crippen LogP contribution in [-0.2, 0) is 16.1 Å². The second-order valence-electron chi connectivity index (χ2n) is 3.86. The highest BCUT2D eigenvalue weighted by atomic mass is 16.5. The van der Waals surface area contributed by atoms with Gasteiger partial charge in [0.1, 0.15) is 5.82 Å². The van der Waals surface area contributed by atoms with Crippen molar-refractivity contribution in [2.24, 2.45) is 5.41 Å². The summed E-state index contributed by atoms with van der Waals surface area (Å²) in [4.78, 5) is 24.7. The lowest BCUT2D eigenvalue weighted by molar-refractivity contribution is -0.157. The first kappa shape index (κ1) is 9.91. The van der Waals surface area contributed by atoms with E-state index in [-0.39, 0.29) is 18.1 Å². The summed E-state index contributed by atoms with van der Waals surface area (Å²) in [6.07, 6.45) is 0. The number of hydrogen-bond donors (Lipinski definition) is 3. The molecule has 0 unspecified atom stereocenters. The fraction of sp³-hybridized carbons (Fsp3) is 0.625. The van der Waals surface area contributed by atoms with Crippen molar-refractivity contribution in [2.45, 2.75) is 13.5 Å². The lowest BCUT2D eigenvalue weighted by atomic mass is 9.88. The first-order valence-electron chi connectivity index (χ1n) is 4.60. The zero-order valence-corrected chi connectivity index (χ0v) is 8.29. The van der Waals surface area contributed by atoms with Gasteiger partial charge in [0.05, 0.1) is 25.2 Å². The first-order valence-corrected chi connectivity index (χ1v) is 4.60. The molecule has 0 aliphatic carbocycles. The standard InChI is InChI=1S/C8H12N4O3/c1-8(3-15-4-8)6(13)9-2-5-10-7(14)12-11-5/h2-4H2,1H3,(H,9,13)(H2,10,11,12,14). The maximum atomic E-state index is 11.6. The minimum absolute atomic E-state index is 0.0856. The van der Waals surface area contributed by atoms with Crippen LogP contribution in [0.25, 0.3) is 0 Å². The van der Waals surface area contributed by atoms with Gasteiger partial charge >= 0.3 is 5.69 Å². The predicted molar refractivity (Wildman–Crippen MR) is 50.0 cm³/mol. The third-order valence-corrected chi connectivity index (χ3v) is 2.36. The Hall–Kier alpha value is -1.63. The van der Waals surface area contributed by atoms with Gasteiger partial charge in [0.15, 0.2) is 0 Å². The Bertz CT molecular complexity index is 418. The smallest absolute Gasteiger partial charge is 0.340 e. The van der Waals surface area contributed by atoms with E-state index < -0.39 is 5.41 Å². The number of aromatic nitrogens is 3. The van der Waals surface area contributed by atoms with Gasteiger partial charge in [-0.2, -0.15) is 5.10 Å². The Labute approximate surface area is 85.2 Å². The van der Waals surface area contributed by atoms with Gasteiger partial charge in [-0.25, -0.2) is 9.89 Å². The van der Waals surface area contributed by atoms with E-state index in [4.69, 9.17) is 4.74 Å². The van der Waals surface area contributed by atoms with Crippen molar-refractivity contribution in [2.75, 3.05) is 13.2 Å². The molecule has 1 aromatic heterocycles. The van der Waals surface area contributed by atoms with E-state index in [1.54, 1.807) is 0 Å². The maximum absolute atomic E-state index is 11.6. The third-order valence-electron chi connectivity index (χ3n) is 2.36.